The highest BCUT2D eigenvalue weighted by atomic mass is 35.5. The number of halogens is 2. The smallest absolute Gasteiger partial charge is 0.255 e. The Labute approximate surface area is 140 Å². The Morgan fingerprint density at radius 1 is 1.00 bits per heavy atom. The maximum Gasteiger partial charge on any atom is 0.255 e. The van der Waals surface area contributed by atoms with E-state index < -0.39 is 0 Å². The molecule has 0 bridgehead atoms. The molecule has 2 aromatic carbocycles. The molecule has 0 saturated carbocycles. The maximum absolute atomic E-state index is 12.1. The van der Waals surface area contributed by atoms with Gasteiger partial charge in [0.1, 0.15) is 0 Å². The van der Waals surface area contributed by atoms with Crippen molar-refractivity contribution in [2.45, 2.75) is 13.8 Å². The van der Waals surface area contributed by atoms with Gasteiger partial charge in [-0.15, -0.1) is 0 Å². The summed E-state index contributed by atoms with van der Waals surface area (Å²) in [6, 6.07) is 12.4. The number of nitrogens with one attached hydrogen (secondary N) is 2. The first-order chi connectivity index (χ1) is 10.5. The predicted molar refractivity (Wildman–Crippen MR) is 94.2 cm³/mol. The topological polar surface area (TPSA) is 41.1 Å². The number of anilines is 2. The molecule has 0 aromatic heterocycles. The largest absolute Gasteiger partial charge is 0.385 e. The van der Waals surface area contributed by atoms with Crippen LogP contribution in [0, 0.1) is 5.92 Å². The Bertz CT molecular complexity index is 654. The number of hydrogen-bond donors (Lipinski definition) is 2. The zero-order chi connectivity index (χ0) is 16.1. The molecule has 0 aliphatic carbocycles. The molecular weight excluding hydrogens is 319 g/mol. The average Bonchev–Trinajstić information content (AvgIpc) is 2.49. The fourth-order valence-electron chi connectivity index (χ4n) is 1.83. The van der Waals surface area contributed by atoms with Crippen LogP contribution in [0.25, 0.3) is 0 Å². The molecule has 5 heteroatoms. The molecule has 0 fully saturated rings. The van der Waals surface area contributed by atoms with Crippen LogP contribution in [-0.4, -0.2) is 12.5 Å². The molecule has 0 unspecified atom stereocenters. The van der Waals surface area contributed by atoms with Crippen LogP contribution >= 0.6 is 23.2 Å². The van der Waals surface area contributed by atoms with Crippen LogP contribution < -0.4 is 10.6 Å². The Morgan fingerprint density at radius 3 is 2.23 bits per heavy atom. The summed E-state index contributed by atoms with van der Waals surface area (Å²) in [5.41, 5.74) is 2.23. The van der Waals surface area contributed by atoms with Gasteiger partial charge in [0, 0.05) is 23.5 Å². The van der Waals surface area contributed by atoms with Gasteiger partial charge in [0.15, 0.2) is 0 Å². The van der Waals surface area contributed by atoms with Gasteiger partial charge in [0.2, 0.25) is 0 Å². The average molecular weight is 337 g/mol. The van der Waals surface area contributed by atoms with Crippen molar-refractivity contribution in [1.29, 1.82) is 0 Å². The van der Waals surface area contributed by atoms with Gasteiger partial charge in [-0.05, 0) is 48.4 Å². The zero-order valence-corrected chi connectivity index (χ0v) is 14.0. The van der Waals surface area contributed by atoms with Gasteiger partial charge >= 0.3 is 0 Å². The molecule has 0 spiro atoms. The lowest BCUT2D eigenvalue weighted by Gasteiger charge is -2.10. The monoisotopic (exact) mass is 336 g/mol. The fraction of sp³-hybridized carbons (Fsp3) is 0.235. The van der Waals surface area contributed by atoms with Gasteiger partial charge in [0.25, 0.3) is 5.91 Å². The summed E-state index contributed by atoms with van der Waals surface area (Å²) >= 11 is 11.8. The molecule has 0 radical (unpaired) electrons. The van der Waals surface area contributed by atoms with Crippen molar-refractivity contribution < 1.29 is 4.79 Å². The third-order valence-corrected chi connectivity index (χ3v) is 3.78. The van der Waals surface area contributed by atoms with Crippen molar-refractivity contribution in [3.05, 3.63) is 58.1 Å². The summed E-state index contributed by atoms with van der Waals surface area (Å²) in [6.07, 6.45) is 0. The molecule has 0 aliphatic rings. The van der Waals surface area contributed by atoms with E-state index in [1.165, 1.54) is 0 Å². The van der Waals surface area contributed by atoms with Crippen LogP contribution in [0.1, 0.15) is 24.2 Å². The molecule has 116 valence electrons. The van der Waals surface area contributed by atoms with Crippen molar-refractivity contribution in [2.75, 3.05) is 17.2 Å². The molecule has 0 aliphatic heterocycles. The van der Waals surface area contributed by atoms with Crippen LogP contribution in [0.3, 0.4) is 0 Å². The molecule has 22 heavy (non-hydrogen) atoms. The number of hydrogen-bond acceptors (Lipinski definition) is 2. The second-order valence-electron chi connectivity index (χ2n) is 5.44. The highest BCUT2D eigenvalue weighted by Gasteiger charge is 2.08. The molecule has 3 nitrogen and oxygen atoms in total. The first-order valence-electron chi connectivity index (χ1n) is 7.06. The molecule has 2 N–H and O–H groups in total. The summed E-state index contributed by atoms with van der Waals surface area (Å²) in [7, 11) is 0. The minimum Gasteiger partial charge on any atom is -0.385 e. The third-order valence-electron chi connectivity index (χ3n) is 3.04. The summed E-state index contributed by atoms with van der Waals surface area (Å²) in [4.78, 5) is 12.1. The maximum atomic E-state index is 12.1. The van der Waals surface area contributed by atoms with E-state index in [0.29, 0.717) is 21.5 Å². The van der Waals surface area contributed by atoms with E-state index in [9.17, 15) is 4.79 Å². The fourth-order valence-corrected chi connectivity index (χ4v) is 2.13. The van der Waals surface area contributed by atoms with E-state index in [0.717, 1.165) is 17.9 Å². The Balaban J connectivity index is 2.00. The van der Waals surface area contributed by atoms with E-state index >= 15 is 0 Å². The summed E-state index contributed by atoms with van der Waals surface area (Å²) < 4.78 is 0. The van der Waals surface area contributed by atoms with Gasteiger partial charge in [-0.3, -0.25) is 4.79 Å². The van der Waals surface area contributed by atoms with Crippen molar-refractivity contribution in [3.8, 4) is 0 Å². The van der Waals surface area contributed by atoms with Crippen molar-refractivity contribution in [1.82, 2.24) is 0 Å². The molecule has 0 saturated heterocycles. The summed E-state index contributed by atoms with van der Waals surface area (Å²) in [5, 5.41) is 6.95. The number of carbonyl (C=O) groups is 1. The Morgan fingerprint density at radius 2 is 1.64 bits per heavy atom. The van der Waals surface area contributed by atoms with Crippen molar-refractivity contribution >= 4 is 40.5 Å². The molecule has 1 amide bonds. The zero-order valence-electron chi connectivity index (χ0n) is 12.5. The van der Waals surface area contributed by atoms with E-state index in [1.807, 2.05) is 24.3 Å². The number of amides is 1. The van der Waals surface area contributed by atoms with Gasteiger partial charge in [-0.1, -0.05) is 37.0 Å². The van der Waals surface area contributed by atoms with Crippen LogP contribution in [0.2, 0.25) is 10.0 Å². The second kappa shape index (κ2) is 7.52. The summed E-state index contributed by atoms with van der Waals surface area (Å²) in [6.45, 7) is 5.21. The number of benzene rings is 2. The van der Waals surface area contributed by atoms with Crippen molar-refractivity contribution in [3.63, 3.8) is 0 Å². The lowest BCUT2D eigenvalue weighted by Crippen LogP contribution is -2.12. The molecular formula is C17H18Cl2N2O. The number of rotatable bonds is 5. The lowest BCUT2D eigenvalue weighted by atomic mass is 10.2. The minimum atomic E-state index is -0.221. The predicted octanol–water partition coefficient (Wildman–Crippen LogP) is 5.31. The Hall–Kier alpha value is -1.71. The Kier molecular flexibility index (Phi) is 5.69. The third kappa shape index (κ3) is 4.65. The van der Waals surface area contributed by atoms with E-state index in [4.69, 9.17) is 23.2 Å². The number of carbonyl (C=O) groups excluding carboxylic acids is 1. The van der Waals surface area contributed by atoms with Gasteiger partial charge in [-0.25, -0.2) is 0 Å². The molecule has 0 atom stereocenters. The molecule has 2 aromatic rings. The second-order valence-corrected chi connectivity index (χ2v) is 6.25. The minimum absolute atomic E-state index is 0.221. The highest BCUT2D eigenvalue weighted by Crippen LogP contribution is 2.23. The van der Waals surface area contributed by atoms with E-state index in [1.54, 1.807) is 18.2 Å². The van der Waals surface area contributed by atoms with E-state index in [2.05, 4.69) is 24.5 Å². The quantitative estimate of drug-likeness (QED) is 0.776. The molecule has 2 rings (SSSR count). The van der Waals surface area contributed by atoms with Crippen LogP contribution in [0.15, 0.2) is 42.5 Å². The van der Waals surface area contributed by atoms with Crippen LogP contribution in [0.5, 0.6) is 0 Å². The van der Waals surface area contributed by atoms with E-state index in [-0.39, 0.29) is 5.91 Å². The lowest BCUT2D eigenvalue weighted by molar-refractivity contribution is 0.102. The summed E-state index contributed by atoms with van der Waals surface area (Å²) in [5.74, 6) is 0.357. The van der Waals surface area contributed by atoms with Crippen LogP contribution in [0.4, 0.5) is 11.4 Å². The van der Waals surface area contributed by atoms with Gasteiger partial charge in [-0.2, -0.15) is 0 Å². The standard InChI is InChI=1S/C17H18Cl2N2O/c1-11(2)10-20-13-4-6-14(7-5-13)21-17(22)12-3-8-15(18)16(19)9-12/h3-9,11,20H,10H2,1-2H3,(H,21,22). The van der Waals surface area contributed by atoms with Crippen molar-refractivity contribution in [2.24, 2.45) is 5.92 Å². The van der Waals surface area contributed by atoms with Gasteiger partial charge < -0.3 is 10.6 Å². The normalized spacial score (nSPS) is 10.6. The van der Waals surface area contributed by atoms with Gasteiger partial charge in [0.05, 0.1) is 10.0 Å². The van der Waals surface area contributed by atoms with Crippen LogP contribution in [-0.2, 0) is 0 Å². The first-order valence-corrected chi connectivity index (χ1v) is 7.81. The first kappa shape index (κ1) is 16.7. The molecule has 0 heterocycles. The SMILES string of the molecule is CC(C)CNc1ccc(NC(=O)c2ccc(Cl)c(Cl)c2)cc1. The highest BCUT2D eigenvalue weighted by molar-refractivity contribution is 6.42.